The zero-order valence-electron chi connectivity index (χ0n) is 19.7. The first-order valence-electron chi connectivity index (χ1n) is 10.9. The number of sulfonamides is 1. The Morgan fingerprint density at radius 1 is 0.971 bits per heavy atom. The first-order chi connectivity index (χ1) is 16.3. The standard InChI is InChI=1S/C26H30N2O4S2/c1-20-9-12-22(13-10-20)19-33-16-15-27-26(29)18-28(24-17-21(2)11-14-25(24)32-3)34(30,31)23-7-5-4-6-8-23/h4-14,17H,15-16,18-19H2,1-3H3,(H,27,29). The van der Waals surface area contributed by atoms with Crippen LogP contribution in [0.15, 0.2) is 77.7 Å². The van der Waals surface area contributed by atoms with Crippen LogP contribution < -0.4 is 14.4 Å². The van der Waals surface area contributed by atoms with Crippen molar-refractivity contribution >= 4 is 33.4 Å². The average molecular weight is 499 g/mol. The number of carbonyl (C=O) groups is 1. The van der Waals surface area contributed by atoms with Gasteiger partial charge in [-0.15, -0.1) is 0 Å². The van der Waals surface area contributed by atoms with Crippen LogP contribution in [-0.4, -0.2) is 40.3 Å². The molecule has 1 amide bonds. The maximum atomic E-state index is 13.5. The second-order valence-corrected chi connectivity index (χ2v) is 10.9. The Hall–Kier alpha value is -2.97. The quantitative estimate of drug-likeness (QED) is 0.393. The van der Waals surface area contributed by atoms with Crippen molar-refractivity contribution in [3.05, 3.63) is 89.5 Å². The van der Waals surface area contributed by atoms with E-state index in [4.69, 9.17) is 4.74 Å². The summed E-state index contributed by atoms with van der Waals surface area (Å²) >= 11 is 1.71. The van der Waals surface area contributed by atoms with Crippen molar-refractivity contribution in [2.75, 3.05) is 30.3 Å². The van der Waals surface area contributed by atoms with E-state index in [1.807, 2.05) is 13.0 Å². The molecular weight excluding hydrogens is 468 g/mol. The van der Waals surface area contributed by atoms with Crippen molar-refractivity contribution in [2.24, 2.45) is 0 Å². The monoisotopic (exact) mass is 498 g/mol. The molecule has 6 nitrogen and oxygen atoms in total. The summed E-state index contributed by atoms with van der Waals surface area (Å²) in [5.74, 6) is 1.58. The second kappa shape index (κ2) is 11.9. The lowest BCUT2D eigenvalue weighted by Crippen LogP contribution is -2.41. The molecular formula is C26H30N2O4S2. The third-order valence-electron chi connectivity index (χ3n) is 5.18. The van der Waals surface area contributed by atoms with Crippen LogP contribution in [0.5, 0.6) is 5.75 Å². The van der Waals surface area contributed by atoms with Gasteiger partial charge in [0.2, 0.25) is 5.91 Å². The van der Waals surface area contributed by atoms with Crippen molar-refractivity contribution in [3.63, 3.8) is 0 Å². The molecule has 0 atom stereocenters. The first kappa shape index (κ1) is 25.6. The molecule has 0 saturated heterocycles. The third kappa shape index (κ3) is 6.77. The molecule has 0 aliphatic carbocycles. The molecule has 3 aromatic carbocycles. The average Bonchev–Trinajstić information content (AvgIpc) is 2.84. The summed E-state index contributed by atoms with van der Waals surface area (Å²) in [7, 11) is -2.51. The molecule has 180 valence electrons. The fourth-order valence-electron chi connectivity index (χ4n) is 3.34. The molecule has 0 spiro atoms. The predicted octanol–water partition coefficient (Wildman–Crippen LogP) is 4.56. The van der Waals surface area contributed by atoms with Crippen molar-refractivity contribution in [1.82, 2.24) is 5.32 Å². The highest BCUT2D eigenvalue weighted by Crippen LogP contribution is 2.33. The molecule has 0 aliphatic heterocycles. The Bertz CT molecular complexity index is 1200. The molecule has 0 aromatic heterocycles. The van der Waals surface area contributed by atoms with E-state index in [1.165, 1.54) is 30.4 Å². The van der Waals surface area contributed by atoms with Gasteiger partial charge in [-0.2, -0.15) is 11.8 Å². The maximum absolute atomic E-state index is 13.5. The van der Waals surface area contributed by atoms with Crippen LogP contribution in [0.3, 0.4) is 0 Å². The largest absolute Gasteiger partial charge is 0.495 e. The normalized spacial score (nSPS) is 11.1. The lowest BCUT2D eigenvalue weighted by molar-refractivity contribution is -0.119. The predicted molar refractivity (Wildman–Crippen MR) is 139 cm³/mol. The van der Waals surface area contributed by atoms with E-state index in [2.05, 4.69) is 36.5 Å². The minimum Gasteiger partial charge on any atom is -0.495 e. The summed E-state index contributed by atoms with van der Waals surface area (Å²) in [6.07, 6.45) is 0. The number of methoxy groups -OCH3 is 1. The molecule has 3 rings (SSSR count). The summed E-state index contributed by atoms with van der Waals surface area (Å²) in [5.41, 5.74) is 3.64. The van der Waals surface area contributed by atoms with Crippen LogP contribution in [0.4, 0.5) is 5.69 Å². The Morgan fingerprint density at radius 3 is 2.32 bits per heavy atom. The molecule has 8 heteroatoms. The van der Waals surface area contributed by atoms with Crippen LogP contribution in [0.1, 0.15) is 16.7 Å². The molecule has 0 fully saturated rings. The minimum absolute atomic E-state index is 0.111. The fraction of sp³-hybridized carbons (Fsp3) is 0.269. The molecule has 34 heavy (non-hydrogen) atoms. The molecule has 0 unspecified atom stereocenters. The van der Waals surface area contributed by atoms with Gasteiger partial charge < -0.3 is 10.1 Å². The van der Waals surface area contributed by atoms with Gasteiger partial charge in [0, 0.05) is 18.1 Å². The van der Waals surface area contributed by atoms with Gasteiger partial charge in [-0.25, -0.2) is 8.42 Å². The molecule has 0 saturated carbocycles. The number of amides is 1. The number of rotatable bonds is 11. The molecule has 1 N–H and O–H groups in total. The van der Waals surface area contributed by atoms with E-state index in [9.17, 15) is 13.2 Å². The number of nitrogens with zero attached hydrogens (tertiary/aromatic N) is 1. The van der Waals surface area contributed by atoms with Gasteiger partial charge in [-0.05, 0) is 49.2 Å². The van der Waals surface area contributed by atoms with E-state index >= 15 is 0 Å². The van der Waals surface area contributed by atoms with Gasteiger partial charge >= 0.3 is 0 Å². The number of anilines is 1. The maximum Gasteiger partial charge on any atom is 0.264 e. The van der Waals surface area contributed by atoms with E-state index in [-0.39, 0.29) is 17.3 Å². The topological polar surface area (TPSA) is 75.7 Å². The van der Waals surface area contributed by atoms with E-state index in [0.717, 1.165) is 21.4 Å². The summed E-state index contributed by atoms with van der Waals surface area (Å²) < 4.78 is 33.5. The van der Waals surface area contributed by atoms with Gasteiger partial charge in [-0.3, -0.25) is 9.10 Å². The van der Waals surface area contributed by atoms with Crippen molar-refractivity contribution in [3.8, 4) is 5.75 Å². The second-order valence-electron chi connectivity index (χ2n) is 7.89. The van der Waals surface area contributed by atoms with E-state index in [1.54, 1.807) is 42.1 Å². The van der Waals surface area contributed by atoms with Crippen molar-refractivity contribution in [2.45, 2.75) is 24.5 Å². The van der Waals surface area contributed by atoms with Crippen molar-refractivity contribution in [1.29, 1.82) is 0 Å². The minimum atomic E-state index is -3.99. The third-order valence-corrected chi connectivity index (χ3v) is 7.98. The van der Waals surface area contributed by atoms with E-state index < -0.39 is 10.0 Å². The summed E-state index contributed by atoms with van der Waals surface area (Å²) in [5, 5.41) is 2.85. The highest BCUT2D eigenvalue weighted by molar-refractivity contribution is 7.98. The Labute approximate surface area is 206 Å². The molecule has 0 aliphatic rings. The summed E-state index contributed by atoms with van der Waals surface area (Å²) in [6, 6.07) is 21.7. The molecule has 0 heterocycles. The smallest absolute Gasteiger partial charge is 0.264 e. The van der Waals surface area contributed by atoms with Gasteiger partial charge in [0.05, 0.1) is 17.7 Å². The number of carbonyl (C=O) groups excluding carboxylic acids is 1. The zero-order chi connectivity index (χ0) is 24.6. The van der Waals surface area contributed by atoms with E-state index in [0.29, 0.717) is 18.0 Å². The molecule has 0 radical (unpaired) electrons. The summed E-state index contributed by atoms with van der Waals surface area (Å²) in [4.78, 5) is 12.9. The van der Waals surface area contributed by atoms with Crippen LogP contribution >= 0.6 is 11.8 Å². The fourth-order valence-corrected chi connectivity index (χ4v) is 5.60. The first-order valence-corrected chi connectivity index (χ1v) is 13.5. The Morgan fingerprint density at radius 2 is 1.65 bits per heavy atom. The SMILES string of the molecule is COc1ccc(C)cc1N(CC(=O)NCCSCc1ccc(C)cc1)S(=O)(=O)c1ccccc1. The van der Waals surface area contributed by atoms with Gasteiger partial charge in [0.1, 0.15) is 12.3 Å². The van der Waals surface area contributed by atoms with Gasteiger partial charge in [0.25, 0.3) is 10.0 Å². The molecule has 3 aromatic rings. The number of hydrogen-bond donors (Lipinski definition) is 1. The van der Waals surface area contributed by atoms with Crippen LogP contribution in [0.2, 0.25) is 0 Å². The Kier molecular flexibility index (Phi) is 9.01. The Balaban J connectivity index is 1.70. The van der Waals surface area contributed by atoms with Gasteiger partial charge in [-0.1, -0.05) is 54.1 Å². The number of hydrogen-bond acceptors (Lipinski definition) is 5. The number of nitrogens with one attached hydrogen (secondary N) is 1. The zero-order valence-corrected chi connectivity index (χ0v) is 21.3. The lowest BCUT2D eigenvalue weighted by atomic mass is 10.2. The number of ether oxygens (including phenoxy) is 1. The number of benzene rings is 3. The highest BCUT2D eigenvalue weighted by atomic mass is 32.2. The molecule has 0 bridgehead atoms. The number of aryl methyl sites for hydroxylation is 2. The summed E-state index contributed by atoms with van der Waals surface area (Å²) in [6.45, 7) is 4.01. The number of thioether (sulfide) groups is 1. The van der Waals surface area contributed by atoms with Crippen molar-refractivity contribution < 1.29 is 17.9 Å². The van der Waals surface area contributed by atoms with Crippen LogP contribution in [0, 0.1) is 13.8 Å². The van der Waals surface area contributed by atoms with Crippen LogP contribution in [-0.2, 0) is 20.6 Å². The lowest BCUT2D eigenvalue weighted by Gasteiger charge is -2.26. The van der Waals surface area contributed by atoms with Crippen LogP contribution in [0.25, 0.3) is 0 Å². The highest BCUT2D eigenvalue weighted by Gasteiger charge is 2.29. The van der Waals surface area contributed by atoms with Gasteiger partial charge in [0.15, 0.2) is 0 Å².